The predicted molar refractivity (Wildman–Crippen MR) is 70.9 cm³/mol. The van der Waals surface area contributed by atoms with E-state index in [1.807, 2.05) is 42.6 Å². The second-order valence-electron chi connectivity index (χ2n) is 4.02. The van der Waals surface area contributed by atoms with Crippen molar-refractivity contribution in [3.05, 3.63) is 48.7 Å². The van der Waals surface area contributed by atoms with Gasteiger partial charge in [-0.3, -0.25) is 8.80 Å². The molecular weight excluding hydrogens is 230 g/mol. The number of imidazole rings is 2. The van der Waals surface area contributed by atoms with Crippen LogP contribution in [0.5, 0.6) is 0 Å². The fourth-order valence-corrected chi connectivity index (χ4v) is 2.68. The zero-order valence-electron chi connectivity index (χ0n) is 8.91. The molecule has 4 aromatic rings. The van der Waals surface area contributed by atoms with Gasteiger partial charge in [0, 0.05) is 6.20 Å². The molecule has 0 aliphatic heterocycles. The standard InChI is InChI=1S/C13H9N3S/c17-12-11-7-3-4-8-15(11)13-14-9-5-1-2-6-10(9)16(12)13/h1-8,17H. The van der Waals surface area contributed by atoms with E-state index in [4.69, 9.17) is 0 Å². The number of hydrogen-bond acceptors (Lipinski definition) is 2. The molecule has 0 saturated carbocycles. The quantitative estimate of drug-likeness (QED) is 0.468. The zero-order valence-corrected chi connectivity index (χ0v) is 9.80. The fraction of sp³-hybridized carbons (Fsp3) is 0. The summed E-state index contributed by atoms with van der Waals surface area (Å²) >= 11 is 4.61. The van der Waals surface area contributed by atoms with Gasteiger partial charge in [-0.1, -0.05) is 18.2 Å². The van der Waals surface area contributed by atoms with E-state index in [0.717, 1.165) is 27.4 Å². The molecule has 0 bridgehead atoms. The molecule has 0 unspecified atom stereocenters. The van der Waals surface area contributed by atoms with E-state index in [1.165, 1.54) is 0 Å². The average Bonchev–Trinajstić information content (AvgIpc) is 2.88. The van der Waals surface area contributed by atoms with Crippen molar-refractivity contribution < 1.29 is 0 Å². The maximum Gasteiger partial charge on any atom is 0.220 e. The molecule has 0 aliphatic rings. The van der Waals surface area contributed by atoms with Gasteiger partial charge in [0.05, 0.1) is 16.6 Å². The van der Waals surface area contributed by atoms with Gasteiger partial charge in [0.1, 0.15) is 5.03 Å². The Balaban J connectivity index is 2.40. The molecule has 17 heavy (non-hydrogen) atoms. The fourth-order valence-electron chi connectivity index (χ4n) is 2.30. The number of pyridine rings is 1. The minimum Gasteiger partial charge on any atom is -0.284 e. The average molecular weight is 239 g/mol. The minimum absolute atomic E-state index is 0.909. The van der Waals surface area contributed by atoms with E-state index in [0.29, 0.717) is 0 Å². The minimum atomic E-state index is 0.909. The summed E-state index contributed by atoms with van der Waals surface area (Å²) in [5.41, 5.74) is 3.16. The van der Waals surface area contributed by atoms with Crippen LogP contribution in [-0.2, 0) is 0 Å². The van der Waals surface area contributed by atoms with E-state index >= 15 is 0 Å². The molecule has 0 radical (unpaired) electrons. The van der Waals surface area contributed by atoms with Gasteiger partial charge in [-0.2, -0.15) is 0 Å². The highest BCUT2D eigenvalue weighted by atomic mass is 32.1. The van der Waals surface area contributed by atoms with Crippen LogP contribution in [0.4, 0.5) is 0 Å². The summed E-state index contributed by atoms with van der Waals surface area (Å²) in [6.45, 7) is 0. The highest BCUT2D eigenvalue weighted by Gasteiger charge is 2.12. The van der Waals surface area contributed by atoms with Crippen LogP contribution >= 0.6 is 12.6 Å². The monoisotopic (exact) mass is 239 g/mol. The van der Waals surface area contributed by atoms with Crippen LogP contribution in [0.15, 0.2) is 53.7 Å². The van der Waals surface area contributed by atoms with E-state index in [9.17, 15) is 0 Å². The molecule has 1 aromatic carbocycles. The van der Waals surface area contributed by atoms with Gasteiger partial charge in [-0.05, 0) is 24.3 Å². The Kier molecular flexibility index (Phi) is 1.64. The summed E-state index contributed by atoms with van der Waals surface area (Å²) < 4.78 is 4.14. The maximum atomic E-state index is 4.64. The van der Waals surface area contributed by atoms with Crippen molar-refractivity contribution in [2.24, 2.45) is 0 Å². The van der Waals surface area contributed by atoms with Crippen molar-refractivity contribution in [2.45, 2.75) is 5.03 Å². The molecule has 4 heteroatoms. The van der Waals surface area contributed by atoms with Gasteiger partial charge in [-0.15, -0.1) is 12.6 Å². The molecule has 3 heterocycles. The molecule has 82 valence electrons. The lowest BCUT2D eigenvalue weighted by atomic mass is 10.3. The summed E-state index contributed by atoms with van der Waals surface area (Å²) in [6.07, 6.45) is 2.01. The number of fused-ring (bicyclic) bond motifs is 5. The number of benzene rings is 1. The third kappa shape index (κ3) is 1.05. The van der Waals surface area contributed by atoms with Crippen LogP contribution in [0, 0.1) is 0 Å². The zero-order chi connectivity index (χ0) is 11.4. The van der Waals surface area contributed by atoms with Gasteiger partial charge < -0.3 is 0 Å². The van der Waals surface area contributed by atoms with E-state index in [1.54, 1.807) is 0 Å². The first-order chi connectivity index (χ1) is 8.36. The van der Waals surface area contributed by atoms with Crippen LogP contribution in [0.25, 0.3) is 22.3 Å². The lowest BCUT2D eigenvalue weighted by molar-refractivity contribution is 1.11. The molecule has 0 aliphatic carbocycles. The third-order valence-corrected chi connectivity index (χ3v) is 3.49. The Hall–Kier alpha value is -1.94. The van der Waals surface area contributed by atoms with Crippen molar-refractivity contribution in [3.8, 4) is 0 Å². The molecule has 0 fully saturated rings. The summed E-state index contributed by atoms with van der Waals surface area (Å²) in [4.78, 5) is 4.64. The van der Waals surface area contributed by atoms with Crippen molar-refractivity contribution in [1.82, 2.24) is 13.8 Å². The molecule has 3 nitrogen and oxygen atoms in total. The van der Waals surface area contributed by atoms with Crippen molar-refractivity contribution in [3.63, 3.8) is 0 Å². The molecule has 0 spiro atoms. The summed E-state index contributed by atoms with van der Waals surface area (Å²) in [6, 6.07) is 14.2. The second kappa shape index (κ2) is 3.05. The van der Waals surface area contributed by atoms with E-state index in [-0.39, 0.29) is 0 Å². The predicted octanol–water partition coefficient (Wildman–Crippen LogP) is 3.03. The number of nitrogens with zero attached hydrogens (tertiary/aromatic N) is 3. The third-order valence-electron chi connectivity index (χ3n) is 3.06. The second-order valence-corrected chi connectivity index (χ2v) is 4.44. The largest absolute Gasteiger partial charge is 0.284 e. The number of thiol groups is 1. The normalized spacial score (nSPS) is 11.8. The first-order valence-corrected chi connectivity index (χ1v) is 5.86. The Morgan fingerprint density at radius 1 is 0.941 bits per heavy atom. The molecule has 4 rings (SSSR count). The topological polar surface area (TPSA) is 21.7 Å². The van der Waals surface area contributed by atoms with Crippen LogP contribution in [0.2, 0.25) is 0 Å². The highest BCUT2D eigenvalue weighted by molar-refractivity contribution is 7.80. The van der Waals surface area contributed by atoms with Gasteiger partial charge in [0.2, 0.25) is 5.78 Å². The first kappa shape index (κ1) is 9.13. The van der Waals surface area contributed by atoms with Crippen molar-refractivity contribution in [1.29, 1.82) is 0 Å². The molecular formula is C13H9N3S. The van der Waals surface area contributed by atoms with Crippen LogP contribution < -0.4 is 0 Å². The van der Waals surface area contributed by atoms with Crippen LogP contribution in [-0.4, -0.2) is 13.8 Å². The summed E-state index contributed by atoms with van der Waals surface area (Å²) in [5, 5.41) is 0.925. The first-order valence-electron chi connectivity index (χ1n) is 5.41. The molecule has 0 N–H and O–H groups in total. The number of hydrogen-bond donors (Lipinski definition) is 1. The highest BCUT2D eigenvalue weighted by Crippen LogP contribution is 2.25. The molecule has 0 saturated heterocycles. The molecule has 3 aromatic heterocycles. The number of aromatic nitrogens is 3. The Bertz CT molecular complexity index is 851. The van der Waals surface area contributed by atoms with Gasteiger partial charge in [0.25, 0.3) is 0 Å². The lowest BCUT2D eigenvalue weighted by Crippen LogP contribution is -1.82. The Morgan fingerprint density at radius 2 is 1.71 bits per heavy atom. The van der Waals surface area contributed by atoms with E-state index in [2.05, 4.69) is 32.5 Å². The van der Waals surface area contributed by atoms with Crippen LogP contribution in [0.3, 0.4) is 0 Å². The summed E-state index contributed by atoms with van der Waals surface area (Å²) in [5.74, 6) is 0.909. The summed E-state index contributed by atoms with van der Waals surface area (Å²) in [7, 11) is 0. The Labute approximate surface area is 103 Å². The van der Waals surface area contributed by atoms with Gasteiger partial charge in [0.15, 0.2) is 0 Å². The molecule has 0 amide bonds. The smallest absolute Gasteiger partial charge is 0.220 e. The van der Waals surface area contributed by atoms with Gasteiger partial charge >= 0.3 is 0 Å². The Morgan fingerprint density at radius 3 is 2.65 bits per heavy atom. The number of rotatable bonds is 0. The number of para-hydroxylation sites is 2. The van der Waals surface area contributed by atoms with Crippen LogP contribution in [0.1, 0.15) is 0 Å². The van der Waals surface area contributed by atoms with E-state index < -0.39 is 0 Å². The molecule has 0 atom stereocenters. The van der Waals surface area contributed by atoms with Crippen molar-refractivity contribution in [2.75, 3.05) is 0 Å². The van der Waals surface area contributed by atoms with Crippen molar-refractivity contribution >= 4 is 35.0 Å². The SMILES string of the molecule is Sc1c2ccccn2c2nc3ccccc3n12. The lowest BCUT2D eigenvalue weighted by Gasteiger charge is -1.93. The maximum absolute atomic E-state index is 4.64. The van der Waals surface area contributed by atoms with Gasteiger partial charge in [-0.25, -0.2) is 4.98 Å².